The van der Waals surface area contributed by atoms with Crippen molar-refractivity contribution in [2.75, 3.05) is 6.61 Å². The van der Waals surface area contributed by atoms with E-state index in [4.69, 9.17) is 14.2 Å². The average Bonchev–Trinajstić information content (AvgIpc) is 2.90. The van der Waals surface area contributed by atoms with Crippen molar-refractivity contribution in [1.29, 1.82) is 0 Å². The van der Waals surface area contributed by atoms with Gasteiger partial charge in [-0.3, -0.25) is 9.59 Å². The van der Waals surface area contributed by atoms with E-state index >= 15 is 0 Å². The second-order valence-corrected chi connectivity index (χ2v) is 5.35. The Labute approximate surface area is 121 Å². The van der Waals surface area contributed by atoms with Crippen LogP contribution in [-0.2, 0) is 23.8 Å². The number of carbonyl (C=O) groups is 2. The molecule has 1 aliphatic rings. The van der Waals surface area contributed by atoms with Crippen LogP contribution in [0.1, 0.15) is 24.8 Å². The number of rotatable bonds is 4. The zero-order valence-electron chi connectivity index (χ0n) is 11.3. The molecule has 3 atom stereocenters. The molecule has 2 rings (SSSR count). The molecule has 1 unspecified atom stereocenters. The molecule has 2 heterocycles. The van der Waals surface area contributed by atoms with E-state index in [0.717, 1.165) is 4.88 Å². The molecule has 0 aromatic carbocycles. The van der Waals surface area contributed by atoms with Crippen LogP contribution in [0, 0.1) is 0 Å². The van der Waals surface area contributed by atoms with E-state index in [-0.39, 0.29) is 12.7 Å². The summed E-state index contributed by atoms with van der Waals surface area (Å²) in [7, 11) is 0. The second-order valence-electron chi connectivity index (χ2n) is 4.37. The number of ether oxygens (including phenoxy) is 3. The Morgan fingerprint density at radius 1 is 1.30 bits per heavy atom. The molecule has 0 saturated carbocycles. The maximum absolute atomic E-state index is 11.1. The third-order valence-corrected chi connectivity index (χ3v) is 3.67. The van der Waals surface area contributed by atoms with E-state index in [2.05, 4.69) is 0 Å². The minimum atomic E-state index is -0.539. The van der Waals surface area contributed by atoms with Gasteiger partial charge in [0, 0.05) is 18.7 Å². The van der Waals surface area contributed by atoms with Crippen molar-refractivity contribution < 1.29 is 23.8 Å². The van der Waals surface area contributed by atoms with Crippen LogP contribution in [0.4, 0.5) is 0 Å². The predicted octanol–water partition coefficient (Wildman–Crippen LogP) is 2.24. The summed E-state index contributed by atoms with van der Waals surface area (Å²) in [5.74, 6) is -0.789. The molecule has 1 aliphatic heterocycles. The third-order valence-electron chi connectivity index (χ3n) is 2.74. The first-order valence-corrected chi connectivity index (χ1v) is 7.12. The smallest absolute Gasteiger partial charge is 0.303 e. The summed E-state index contributed by atoms with van der Waals surface area (Å²) >= 11 is 1.58. The van der Waals surface area contributed by atoms with Crippen molar-refractivity contribution in [3.05, 3.63) is 34.5 Å². The fourth-order valence-corrected chi connectivity index (χ4v) is 2.64. The lowest BCUT2D eigenvalue weighted by molar-refractivity contribution is -0.163. The van der Waals surface area contributed by atoms with Crippen LogP contribution in [0.2, 0.25) is 0 Å². The van der Waals surface area contributed by atoms with Gasteiger partial charge in [-0.2, -0.15) is 0 Å². The predicted molar refractivity (Wildman–Crippen MR) is 73.3 cm³/mol. The van der Waals surface area contributed by atoms with Gasteiger partial charge in [-0.1, -0.05) is 12.1 Å². The van der Waals surface area contributed by atoms with Gasteiger partial charge in [-0.05, 0) is 17.5 Å². The molecule has 0 saturated heterocycles. The van der Waals surface area contributed by atoms with Crippen molar-refractivity contribution in [1.82, 2.24) is 0 Å². The standard InChI is InChI=1S/C14H16O5S/c1-9(15)17-8-13-11(18-10(2)16)5-6-12(19-13)14-4-3-7-20-14/h3-7,11-13H,8H2,1-2H3/t11-,12?,13+/m0/s1. The maximum atomic E-state index is 11.1. The Bertz CT molecular complexity index is 494. The van der Waals surface area contributed by atoms with Gasteiger partial charge >= 0.3 is 11.9 Å². The van der Waals surface area contributed by atoms with Gasteiger partial charge < -0.3 is 14.2 Å². The van der Waals surface area contributed by atoms with Crippen molar-refractivity contribution >= 4 is 23.3 Å². The van der Waals surface area contributed by atoms with Gasteiger partial charge in [0.25, 0.3) is 0 Å². The van der Waals surface area contributed by atoms with E-state index in [0.29, 0.717) is 0 Å². The molecular formula is C14H16O5S. The Hall–Kier alpha value is -1.66. The molecule has 1 aromatic rings. The SMILES string of the molecule is CC(=O)OC[C@H]1OC(c2cccs2)C=C[C@@H]1OC(C)=O. The van der Waals surface area contributed by atoms with Gasteiger partial charge in [-0.25, -0.2) is 0 Å². The highest BCUT2D eigenvalue weighted by atomic mass is 32.1. The van der Waals surface area contributed by atoms with Crippen LogP contribution >= 0.6 is 11.3 Å². The molecule has 0 N–H and O–H groups in total. The topological polar surface area (TPSA) is 61.8 Å². The molecule has 108 valence electrons. The monoisotopic (exact) mass is 296 g/mol. The average molecular weight is 296 g/mol. The highest BCUT2D eigenvalue weighted by Crippen LogP contribution is 2.30. The third kappa shape index (κ3) is 3.91. The minimum Gasteiger partial charge on any atom is -0.463 e. The van der Waals surface area contributed by atoms with Crippen molar-refractivity contribution in [2.24, 2.45) is 0 Å². The van der Waals surface area contributed by atoms with Gasteiger partial charge in [0.2, 0.25) is 0 Å². The van der Waals surface area contributed by atoms with Gasteiger partial charge in [0.1, 0.15) is 24.9 Å². The fourth-order valence-electron chi connectivity index (χ4n) is 1.90. The molecule has 0 aliphatic carbocycles. The van der Waals surface area contributed by atoms with Gasteiger partial charge in [-0.15, -0.1) is 11.3 Å². The van der Waals surface area contributed by atoms with E-state index < -0.39 is 24.1 Å². The molecule has 6 heteroatoms. The van der Waals surface area contributed by atoms with E-state index in [9.17, 15) is 9.59 Å². The van der Waals surface area contributed by atoms with Gasteiger partial charge in [0.15, 0.2) is 0 Å². The highest BCUT2D eigenvalue weighted by molar-refractivity contribution is 7.10. The lowest BCUT2D eigenvalue weighted by Gasteiger charge is -2.31. The molecule has 0 fully saturated rings. The van der Waals surface area contributed by atoms with E-state index in [1.165, 1.54) is 13.8 Å². The summed E-state index contributed by atoms with van der Waals surface area (Å²) in [4.78, 5) is 23.1. The maximum Gasteiger partial charge on any atom is 0.303 e. The zero-order valence-corrected chi connectivity index (χ0v) is 12.1. The Balaban J connectivity index is 2.08. The fraction of sp³-hybridized carbons (Fsp3) is 0.429. The largest absolute Gasteiger partial charge is 0.463 e. The summed E-state index contributed by atoms with van der Waals surface area (Å²) in [6.07, 6.45) is 2.39. The molecule has 0 radical (unpaired) electrons. The first-order chi connectivity index (χ1) is 9.56. The number of thiophene rings is 1. The lowest BCUT2D eigenvalue weighted by Crippen LogP contribution is -2.39. The van der Waals surface area contributed by atoms with Crippen LogP contribution in [-0.4, -0.2) is 30.8 Å². The summed E-state index contributed by atoms with van der Waals surface area (Å²) in [6.45, 7) is 2.72. The Morgan fingerprint density at radius 2 is 2.10 bits per heavy atom. The van der Waals surface area contributed by atoms with Crippen LogP contribution in [0.25, 0.3) is 0 Å². The van der Waals surface area contributed by atoms with Crippen molar-refractivity contribution in [3.8, 4) is 0 Å². The number of carbonyl (C=O) groups excluding carboxylic acids is 2. The zero-order chi connectivity index (χ0) is 14.5. The summed E-state index contributed by atoms with van der Waals surface area (Å²) in [5, 5.41) is 1.96. The second kappa shape index (κ2) is 6.67. The summed E-state index contributed by atoms with van der Waals surface area (Å²) in [6, 6.07) is 3.91. The minimum absolute atomic E-state index is 0.0551. The van der Waals surface area contributed by atoms with Crippen LogP contribution in [0.3, 0.4) is 0 Å². The van der Waals surface area contributed by atoms with Crippen molar-refractivity contribution in [2.45, 2.75) is 32.2 Å². The molecular weight excluding hydrogens is 280 g/mol. The van der Waals surface area contributed by atoms with E-state index in [1.54, 1.807) is 17.4 Å². The Morgan fingerprint density at radius 3 is 2.70 bits per heavy atom. The molecule has 0 amide bonds. The van der Waals surface area contributed by atoms with Crippen LogP contribution in [0.15, 0.2) is 29.7 Å². The highest BCUT2D eigenvalue weighted by Gasteiger charge is 2.31. The Kier molecular flexibility index (Phi) is 4.92. The lowest BCUT2D eigenvalue weighted by atomic mass is 10.1. The van der Waals surface area contributed by atoms with Gasteiger partial charge in [0.05, 0.1) is 0 Å². The normalized spacial score (nSPS) is 25.2. The molecule has 1 aromatic heterocycles. The molecule has 20 heavy (non-hydrogen) atoms. The summed E-state index contributed by atoms with van der Waals surface area (Å²) < 4.78 is 16.0. The van der Waals surface area contributed by atoms with E-state index in [1.807, 2.05) is 23.6 Å². The molecule has 0 bridgehead atoms. The van der Waals surface area contributed by atoms with Crippen molar-refractivity contribution in [3.63, 3.8) is 0 Å². The number of esters is 2. The molecule has 0 spiro atoms. The van der Waals surface area contributed by atoms with Crippen LogP contribution < -0.4 is 0 Å². The first kappa shape index (κ1) is 14.7. The molecule has 5 nitrogen and oxygen atoms in total. The number of hydrogen-bond donors (Lipinski definition) is 0. The summed E-state index contributed by atoms with van der Waals surface area (Å²) in [5.41, 5.74) is 0. The van der Waals surface area contributed by atoms with Crippen LogP contribution in [0.5, 0.6) is 0 Å². The number of hydrogen-bond acceptors (Lipinski definition) is 6. The first-order valence-electron chi connectivity index (χ1n) is 6.24. The quantitative estimate of drug-likeness (QED) is 0.630.